The van der Waals surface area contributed by atoms with Crippen molar-refractivity contribution in [1.82, 2.24) is 14.8 Å². The van der Waals surface area contributed by atoms with Crippen LogP contribution >= 0.6 is 0 Å². The zero-order chi connectivity index (χ0) is 19.2. The third kappa shape index (κ3) is 4.31. The fraction of sp³-hybridized carbons (Fsp3) is 0.455. The molecule has 2 aliphatic rings. The van der Waals surface area contributed by atoms with Gasteiger partial charge in [-0.3, -0.25) is 19.6 Å². The summed E-state index contributed by atoms with van der Waals surface area (Å²) in [5, 5.41) is 0. The molecule has 6 heteroatoms. The maximum atomic E-state index is 13.7. The van der Waals surface area contributed by atoms with Gasteiger partial charge in [0.15, 0.2) is 5.78 Å². The topological polar surface area (TPSA) is 54.9 Å². The maximum absolute atomic E-state index is 13.7. The number of nitrogens with zero attached hydrogens (tertiary/aromatic N) is 3. The molecular weight excluding hydrogens is 354 g/mol. The van der Waals surface area contributed by atoms with Crippen LogP contribution in [0.5, 0.6) is 0 Å². The number of carbonyl (C=O) groups excluding carboxylic acids is 1. The Kier molecular flexibility index (Phi) is 6.44. The summed E-state index contributed by atoms with van der Waals surface area (Å²) in [5.41, 5.74) is 1.88. The lowest BCUT2D eigenvalue weighted by Crippen LogP contribution is -2.55. The zero-order valence-electron chi connectivity index (χ0n) is 16.1. The summed E-state index contributed by atoms with van der Waals surface area (Å²) in [5.74, 6) is 0.143. The molecule has 3 heterocycles. The molecule has 0 N–H and O–H groups in total. The van der Waals surface area contributed by atoms with Crippen molar-refractivity contribution in [2.75, 3.05) is 52.6 Å². The third-order valence-corrected chi connectivity index (χ3v) is 5.55. The van der Waals surface area contributed by atoms with Gasteiger partial charge in [-0.25, -0.2) is 0 Å². The number of ketones is 1. The molecule has 2 saturated heterocycles. The maximum Gasteiger partial charge on any atom is 0.182 e. The predicted molar refractivity (Wildman–Crippen MR) is 106 cm³/mol. The molecule has 148 valence electrons. The number of hydrogen-bond acceptors (Lipinski definition) is 6. The zero-order valence-corrected chi connectivity index (χ0v) is 16.1. The van der Waals surface area contributed by atoms with Crippen molar-refractivity contribution < 1.29 is 14.3 Å². The quantitative estimate of drug-likeness (QED) is 0.714. The number of aromatic nitrogens is 1. The molecule has 2 fully saturated rings. The van der Waals surface area contributed by atoms with Crippen LogP contribution in [0.4, 0.5) is 0 Å². The minimum absolute atomic E-state index is 0.0242. The first-order valence-corrected chi connectivity index (χ1v) is 9.97. The number of carbonyl (C=O) groups is 1. The number of ether oxygens (including phenoxy) is 2. The smallest absolute Gasteiger partial charge is 0.182 e. The molecule has 6 nitrogen and oxygen atoms in total. The van der Waals surface area contributed by atoms with E-state index in [1.807, 2.05) is 18.2 Å². The minimum atomic E-state index is -0.271. The van der Waals surface area contributed by atoms with Gasteiger partial charge >= 0.3 is 0 Å². The lowest BCUT2D eigenvalue weighted by atomic mass is 9.89. The number of benzene rings is 1. The number of morpholine rings is 2. The highest BCUT2D eigenvalue weighted by Gasteiger charge is 2.39. The van der Waals surface area contributed by atoms with Gasteiger partial charge in [0.2, 0.25) is 0 Å². The van der Waals surface area contributed by atoms with E-state index in [2.05, 4.69) is 39.0 Å². The fourth-order valence-electron chi connectivity index (χ4n) is 4.15. The van der Waals surface area contributed by atoms with Gasteiger partial charge in [-0.05, 0) is 17.7 Å². The average Bonchev–Trinajstić information content (AvgIpc) is 2.79. The Hall–Kier alpha value is -2.12. The SMILES string of the molecule is O=C(c1ccncc1)[C@H]([C@@H](c1ccccc1)N1CCOCC1)N1CCOCC1. The number of pyridine rings is 1. The van der Waals surface area contributed by atoms with Crippen LogP contribution in [0.15, 0.2) is 54.9 Å². The molecule has 1 aromatic heterocycles. The third-order valence-electron chi connectivity index (χ3n) is 5.55. The lowest BCUT2D eigenvalue weighted by Gasteiger charge is -2.44. The van der Waals surface area contributed by atoms with Crippen molar-refractivity contribution in [2.45, 2.75) is 12.1 Å². The van der Waals surface area contributed by atoms with Crippen LogP contribution in [0.1, 0.15) is 22.0 Å². The second-order valence-electron chi connectivity index (χ2n) is 7.20. The molecule has 0 saturated carbocycles. The summed E-state index contributed by atoms with van der Waals surface area (Å²) >= 11 is 0. The van der Waals surface area contributed by atoms with E-state index in [0.717, 1.165) is 26.2 Å². The van der Waals surface area contributed by atoms with Crippen LogP contribution in [0.25, 0.3) is 0 Å². The molecule has 0 spiro atoms. The standard InChI is InChI=1S/C22H27N3O3/c26-22(19-6-8-23-9-7-19)21(25-12-16-28-17-13-25)20(18-4-2-1-3-5-18)24-10-14-27-15-11-24/h1-9,20-21H,10-17H2/t20-,21+/m1/s1. The van der Waals surface area contributed by atoms with E-state index in [0.29, 0.717) is 32.0 Å². The fourth-order valence-corrected chi connectivity index (χ4v) is 4.15. The second-order valence-corrected chi connectivity index (χ2v) is 7.20. The largest absolute Gasteiger partial charge is 0.379 e. The molecule has 2 aliphatic heterocycles. The van der Waals surface area contributed by atoms with Gasteiger partial charge in [0.25, 0.3) is 0 Å². The predicted octanol–water partition coefficient (Wildman–Crippen LogP) is 2.04. The first kappa shape index (κ1) is 19.2. The van der Waals surface area contributed by atoms with Gasteiger partial charge in [0.1, 0.15) is 0 Å². The molecule has 0 unspecified atom stereocenters. The van der Waals surface area contributed by atoms with Gasteiger partial charge in [0.05, 0.1) is 38.5 Å². The molecule has 0 aliphatic carbocycles. The molecule has 2 atom stereocenters. The Morgan fingerprint density at radius 3 is 2.00 bits per heavy atom. The monoisotopic (exact) mass is 381 g/mol. The van der Waals surface area contributed by atoms with Gasteiger partial charge in [-0.15, -0.1) is 0 Å². The van der Waals surface area contributed by atoms with Crippen molar-refractivity contribution in [2.24, 2.45) is 0 Å². The van der Waals surface area contributed by atoms with E-state index < -0.39 is 0 Å². The average molecular weight is 381 g/mol. The van der Waals surface area contributed by atoms with Gasteiger partial charge < -0.3 is 9.47 Å². The van der Waals surface area contributed by atoms with E-state index in [9.17, 15) is 4.79 Å². The van der Waals surface area contributed by atoms with Crippen molar-refractivity contribution in [3.05, 3.63) is 66.0 Å². The Bertz CT molecular complexity index is 744. The van der Waals surface area contributed by atoms with Crippen molar-refractivity contribution in [1.29, 1.82) is 0 Å². The van der Waals surface area contributed by atoms with Crippen LogP contribution < -0.4 is 0 Å². The van der Waals surface area contributed by atoms with Crippen LogP contribution in [0.2, 0.25) is 0 Å². The van der Waals surface area contributed by atoms with Crippen molar-refractivity contribution in [3.63, 3.8) is 0 Å². The van der Waals surface area contributed by atoms with Crippen LogP contribution in [-0.2, 0) is 9.47 Å². The lowest BCUT2D eigenvalue weighted by molar-refractivity contribution is -0.0301. The Morgan fingerprint density at radius 2 is 1.39 bits per heavy atom. The van der Waals surface area contributed by atoms with Crippen molar-refractivity contribution in [3.8, 4) is 0 Å². The highest BCUT2D eigenvalue weighted by Crippen LogP contribution is 2.31. The number of Topliss-reactive ketones (excluding diaryl/α,β-unsaturated/α-hetero) is 1. The van der Waals surface area contributed by atoms with Gasteiger partial charge in [0, 0.05) is 44.1 Å². The molecule has 0 bridgehead atoms. The second kappa shape index (κ2) is 9.39. The van der Waals surface area contributed by atoms with E-state index in [1.54, 1.807) is 12.4 Å². The van der Waals surface area contributed by atoms with E-state index >= 15 is 0 Å². The Labute approximate surface area is 166 Å². The summed E-state index contributed by atoms with van der Waals surface area (Å²) in [4.78, 5) is 22.5. The van der Waals surface area contributed by atoms with Crippen LogP contribution in [-0.4, -0.2) is 79.2 Å². The summed E-state index contributed by atoms with van der Waals surface area (Å²) in [7, 11) is 0. The molecule has 4 rings (SSSR count). The summed E-state index contributed by atoms with van der Waals surface area (Å²) in [6.45, 7) is 5.87. The molecule has 2 aromatic rings. The highest BCUT2D eigenvalue weighted by atomic mass is 16.5. The summed E-state index contributed by atoms with van der Waals surface area (Å²) in [6, 6.07) is 13.7. The van der Waals surface area contributed by atoms with E-state index in [-0.39, 0.29) is 17.9 Å². The van der Waals surface area contributed by atoms with Crippen LogP contribution in [0, 0.1) is 0 Å². The highest BCUT2D eigenvalue weighted by molar-refractivity contribution is 6.00. The van der Waals surface area contributed by atoms with E-state index in [4.69, 9.17) is 9.47 Å². The molecule has 0 amide bonds. The first-order chi connectivity index (χ1) is 13.8. The minimum Gasteiger partial charge on any atom is -0.379 e. The first-order valence-electron chi connectivity index (χ1n) is 9.97. The Morgan fingerprint density at radius 1 is 0.821 bits per heavy atom. The normalized spacial score (nSPS) is 21.1. The molecule has 1 aromatic carbocycles. The van der Waals surface area contributed by atoms with E-state index in [1.165, 1.54) is 5.56 Å². The molecular formula is C22H27N3O3. The van der Waals surface area contributed by atoms with Crippen LogP contribution in [0.3, 0.4) is 0 Å². The Balaban J connectivity index is 1.74. The summed E-state index contributed by atoms with van der Waals surface area (Å²) < 4.78 is 11.2. The number of rotatable bonds is 6. The van der Waals surface area contributed by atoms with Gasteiger partial charge in [-0.2, -0.15) is 0 Å². The summed E-state index contributed by atoms with van der Waals surface area (Å²) in [6.07, 6.45) is 3.38. The number of hydrogen-bond donors (Lipinski definition) is 0. The van der Waals surface area contributed by atoms with Gasteiger partial charge in [-0.1, -0.05) is 30.3 Å². The van der Waals surface area contributed by atoms with Crippen molar-refractivity contribution >= 4 is 5.78 Å². The molecule has 28 heavy (non-hydrogen) atoms. The molecule has 0 radical (unpaired) electrons.